The monoisotopic (exact) mass is 345 g/mol. The minimum atomic E-state index is -0.00810. The van der Waals surface area contributed by atoms with E-state index in [1.165, 1.54) is 4.88 Å². The first-order valence-corrected chi connectivity index (χ1v) is 8.85. The average molecular weight is 345 g/mol. The molecule has 24 heavy (non-hydrogen) atoms. The van der Waals surface area contributed by atoms with Crippen molar-refractivity contribution in [2.24, 2.45) is 0 Å². The average Bonchev–Trinajstić information content (AvgIpc) is 3.13. The maximum Gasteiger partial charge on any atom is 0.257 e. The van der Waals surface area contributed by atoms with Crippen molar-refractivity contribution in [2.45, 2.75) is 47.1 Å². The quantitative estimate of drug-likeness (QED) is 0.788. The lowest BCUT2D eigenvalue weighted by atomic mass is 10.0. The highest BCUT2D eigenvalue weighted by molar-refractivity contribution is 7.17. The van der Waals surface area contributed by atoms with Crippen LogP contribution in [-0.4, -0.2) is 37.4 Å². The van der Waals surface area contributed by atoms with E-state index in [0.717, 1.165) is 27.7 Å². The molecule has 0 atom stereocenters. The van der Waals surface area contributed by atoms with Crippen molar-refractivity contribution in [1.29, 1.82) is 0 Å². The van der Waals surface area contributed by atoms with E-state index >= 15 is 0 Å². The van der Waals surface area contributed by atoms with E-state index in [9.17, 15) is 4.79 Å². The maximum absolute atomic E-state index is 13.0. The zero-order chi connectivity index (χ0) is 17.6. The molecule has 0 saturated carbocycles. The molecular weight excluding hydrogens is 322 g/mol. The van der Waals surface area contributed by atoms with Gasteiger partial charge < -0.3 is 4.90 Å². The highest BCUT2D eigenvalue weighted by atomic mass is 32.1. The number of aromatic amines is 1. The lowest BCUT2D eigenvalue weighted by Gasteiger charge is -2.18. The second-order valence-corrected chi connectivity index (χ2v) is 7.78. The molecule has 3 heterocycles. The van der Waals surface area contributed by atoms with Gasteiger partial charge in [-0.2, -0.15) is 5.10 Å². The van der Waals surface area contributed by atoms with Gasteiger partial charge in [-0.3, -0.25) is 14.3 Å². The summed E-state index contributed by atoms with van der Waals surface area (Å²) in [7, 11) is 1.83. The van der Waals surface area contributed by atoms with E-state index in [1.807, 2.05) is 34.7 Å². The summed E-state index contributed by atoms with van der Waals surface area (Å²) in [5.74, 6) is 0.191. The zero-order valence-electron chi connectivity index (χ0n) is 15.0. The Morgan fingerprint density at radius 1 is 1.38 bits per heavy atom. The predicted octanol–water partition coefficient (Wildman–Crippen LogP) is 3.44. The Morgan fingerprint density at radius 2 is 2.08 bits per heavy atom. The number of carbonyl (C=O) groups is 1. The topological polar surface area (TPSA) is 66.3 Å². The van der Waals surface area contributed by atoms with E-state index in [4.69, 9.17) is 0 Å². The van der Waals surface area contributed by atoms with E-state index in [-0.39, 0.29) is 11.8 Å². The van der Waals surface area contributed by atoms with Gasteiger partial charge in [-0.15, -0.1) is 11.3 Å². The summed E-state index contributed by atoms with van der Waals surface area (Å²) in [5, 5.41) is 7.24. The van der Waals surface area contributed by atoms with E-state index < -0.39 is 0 Å². The number of fused-ring (bicyclic) bond motifs is 1. The zero-order valence-corrected chi connectivity index (χ0v) is 15.8. The molecule has 3 rings (SSSR count). The van der Waals surface area contributed by atoms with Crippen molar-refractivity contribution in [2.75, 3.05) is 7.05 Å². The number of carbonyl (C=O) groups excluding carboxylic acids is 1. The number of nitrogens with one attached hydrogen (secondary N) is 1. The molecule has 0 saturated heterocycles. The molecule has 0 aliphatic heterocycles. The number of aromatic nitrogens is 4. The van der Waals surface area contributed by atoms with Gasteiger partial charge in [0.1, 0.15) is 0 Å². The number of aryl methyl sites for hydroxylation is 3. The molecule has 1 N–H and O–H groups in total. The lowest BCUT2D eigenvalue weighted by molar-refractivity contribution is 0.0781. The van der Waals surface area contributed by atoms with Crippen molar-refractivity contribution in [3.05, 3.63) is 39.4 Å². The minimum Gasteiger partial charge on any atom is -0.336 e. The highest BCUT2D eigenvalue weighted by Gasteiger charge is 2.24. The molecule has 0 unspecified atom stereocenters. The van der Waals surface area contributed by atoms with Crippen LogP contribution in [0.5, 0.6) is 0 Å². The Labute approximate surface area is 145 Å². The Bertz CT molecular complexity index is 902. The summed E-state index contributed by atoms with van der Waals surface area (Å²) in [6, 6.07) is 0. The van der Waals surface area contributed by atoms with Gasteiger partial charge in [0.15, 0.2) is 4.96 Å². The molecule has 7 heteroatoms. The third-order valence-corrected chi connectivity index (χ3v) is 5.11. The standard InChI is InChI=1S/C17H23N5OS/c1-9(2)15-14(12(5)19-20-15)16(23)21(6)8-13-11(4)18-17-22(13)7-10(3)24-17/h7,9H,8H2,1-6H3,(H,19,20). The third-order valence-electron chi connectivity index (χ3n) is 4.21. The van der Waals surface area contributed by atoms with Crippen molar-refractivity contribution in [3.8, 4) is 0 Å². The van der Waals surface area contributed by atoms with Crippen LogP contribution in [0, 0.1) is 20.8 Å². The molecule has 0 aliphatic carbocycles. The van der Waals surface area contributed by atoms with Crippen LogP contribution in [0.15, 0.2) is 6.20 Å². The van der Waals surface area contributed by atoms with E-state index in [1.54, 1.807) is 16.2 Å². The van der Waals surface area contributed by atoms with Crippen molar-refractivity contribution < 1.29 is 4.79 Å². The van der Waals surface area contributed by atoms with Gasteiger partial charge >= 0.3 is 0 Å². The summed E-state index contributed by atoms with van der Waals surface area (Å²) in [6.07, 6.45) is 2.08. The molecule has 128 valence electrons. The van der Waals surface area contributed by atoms with Crippen LogP contribution in [0.1, 0.15) is 57.8 Å². The van der Waals surface area contributed by atoms with Crippen LogP contribution in [0.4, 0.5) is 0 Å². The van der Waals surface area contributed by atoms with Gasteiger partial charge in [0.05, 0.1) is 29.2 Å². The molecule has 3 aromatic rings. The molecule has 0 radical (unpaired) electrons. The van der Waals surface area contributed by atoms with Gasteiger partial charge in [0.25, 0.3) is 5.91 Å². The fourth-order valence-electron chi connectivity index (χ4n) is 2.92. The molecular formula is C17H23N5OS. The minimum absolute atomic E-state index is 0.00810. The SMILES string of the molecule is Cc1cn2c(CN(C)C(=O)c3c(C(C)C)n[nH]c3C)c(C)nc2s1. The first-order valence-electron chi connectivity index (χ1n) is 8.03. The summed E-state index contributed by atoms with van der Waals surface area (Å²) >= 11 is 1.66. The molecule has 0 fully saturated rings. The van der Waals surface area contributed by atoms with Gasteiger partial charge in [-0.05, 0) is 26.7 Å². The van der Waals surface area contributed by atoms with Crippen molar-refractivity contribution in [3.63, 3.8) is 0 Å². The predicted molar refractivity (Wildman–Crippen MR) is 95.8 cm³/mol. The van der Waals surface area contributed by atoms with Gasteiger partial charge in [-0.25, -0.2) is 4.98 Å². The first kappa shape index (κ1) is 16.7. The van der Waals surface area contributed by atoms with Gasteiger partial charge in [0, 0.05) is 23.8 Å². The smallest absolute Gasteiger partial charge is 0.257 e. The van der Waals surface area contributed by atoms with Crippen LogP contribution in [0.25, 0.3) is 4.96 Å². The number of H-pyrrole nitrogens is 1. The second-order valence-electron chi connectivity index (χ2n) is 6.56. The van der Waals surface area contributed by atoms with Crippen molar-refractivity contribution in [1.82, 2.24) is 24.5 Å². The number of hydrogen-bond acceptors (Lipinski definition) is 4. The lowest BCUT2D eigenvalue weighted by Crippen LogP contribution is -2.28. The number of rotatable bonds is 4. The van der Waals surface area contributed by atoms with Crippen LogP contribution < -0.4 is 0 Å². The molecule has 0 aromatic carbocycles. The second kappa shape index (κ2) is 6.05. The van der Waals surface area contributed by atoms with Crippen LogP contribution in [-0.2, 0) is 6.54 Å². The number of nitrogens with zero attached hydrogens (tertiary/aromatic N) is 4. The van der Waals surface area contributed by atoms with Crippen LogP contribution in [0.2, 0.25) is 0 Å². The van der Waals surface area contributed by atoms with Crippen molar-refractivity contribution >= 4 is 22.2 Å². The Hall–Kier alpha value is -2.15. The van der Waals surface area contributed by atoms with Crippen LogP contribution >= 0.6 is 11.3 Å². The first-order chi connectivity index (χ1) is 11.3. The number of imidazole rings is 1. The third kappa shape index (κ3) is 2.73. The molecule has 1 amide bonds. The number of amides is 1. The van der Waals surface area contributed by atoms with Gasteiger partial charge in [-0.1, -0.05) is 13.8 Å². The summed E-state index contributed by atoms with van der Waals surface area (Å²) in [6.45, 7) is 10.6. The summed E-state index contributed by atoms with van der Waals surface area (Å²) < 4.78 is 2.09. The fourth-order valence-corrected chi connectivity index (χ4v) is 3.81. The Morgan fingerprint density at radius 3 is 2.75 bits per heavy atom. The number of hydrogen-bond donors (Lipinski definition) is 1. The van der Waals surface area contributed by atoms with Crippen LogP contribution in [0.3, 0.4) is 0 Å². The molecule has 0 spiro atoms. The molecule has 0 bridgehead atoms. The molecule has 0 aliphatic rings. The Balaban J connectivity index is 1.92. The molecule has 6 nitrogen and oxygen atoms in total. The summed E-state index contributed by atoms with van der Waals surface area (Å²) in [4.78, 5) is 21.5. The largest absolute Gasteiger partial charge is 0.336 e. The van der Waals surface area contributed by atoms with E-state index in [2.05, 4.69) is 32.7 Å². The number of thiazole rings is 1. The summed E-state index contributed by atoms with van der Waals surface area (Å²) in [5.41, 5.74) is 4.35. The highest BCUT2D eigenvalue weighted by Crippen LogP contribution is 2.24. The van der Waals surface area contributed by atoms with E-state index in [0.29, 0.717) is 12.1 Å². The Kier molecular flexibility index (Phi) is 4.21. The molecule has 3 aromatic heterocycles. The maximum atomic E-state index is 13.0. The van der Waals surface area contributed by atoms with Gasteiger partial charge in [0.2, 0.25) is 0 Å². The fraction of sp³-hybridized carbons (Fsp3) is 0.471. The normalized spacial score (nSPS) is 11.6.